The van der Waals surface area contributed by atoms with Crippen molar-refractivity contribution in [3.63, 3.8) is 0 Å². The van der Waals surface area contributed by atoms with E-state index in [0.717, 1.165) is 31.5 Å². The lowest BCUT2D eigenvalue weighted by molar-refractivity contribution is 0.133. The fourth-order valence-electron chi connectivity index (χ4n) is 2.69. The molecular weight excluding hydrogens is 250 g/mol. The molecule has 1 aliphatic carbocycles. The number of allylic oxidation sites excluding steroid dienone is 1. The number of hydrogen-bond donors (Lipinski definition) is 2. The Morgan fingerprint density at radius 1 is 1.20 bits per heavy atom. The lowest BCUT2D eigenvalue weighted by Gasteiger charge is -2.26. The predicted molar refractivity (Wildman–Crippen MR) is 81.6 cm³/mol. The lowest BCUT2D eigenvalue weighted by Crippen LogP contribution is -2.33. The number of aromatic hydroxyl groups is 1. The normalized spacial score (nSPS) is 17.1. The summed E-state index contributed by atoms with van der Waals surface area (Å²) in [4.78, 5) is 2.24. The Balaban J connectivity index is 1.91. The molecule has 1 aliphatic rings. The van der Waals surface area contributed by atoms with E-state index in [0.29, 0.717) is 12.3 Å². The van der Waals surface area contributed by atoms with Crippen LogP contribution in [-0.2, 0) is 6.54 Å². The SMILES string of the molecule is CCN(Cc1ccc(O)cc1)CC(O)C1=CCCCC1. The molecule has 0 aliphatic heterocycles. The molecule has 3 nitrogen and oxygen atoms in total. The van der Waals surface area contributed by atoms with E-state index in [1.807, 2.05) is 12.1 Å². The zero-order valence-electron chi connectivity index (χ0n) is 12.3. The molecular formula is C17H25NO2. The van der Waals surface area contributed by atoms with Gasteiger partial charge in [0.1, 0.15) is 5.75 Å². The molecule has 2 N–H and O–H groups in total. The van der Waals surface area contributed by atoms with Crippen LogP contribution in [0.3, 0.4) is 0 Å². The summed E-state index contributed by atoms with van der Waals surface area (Å²) in [6.45, 7) is 4.51. The zero-order chi connectivity index (χ0) is 14.4. The Hall–Kier alpha value is -1.32. The van der Waals surface area contributed by atoms with E-state index in [2.05, 4.69) is 17.9 Å². The molecule has 0 fully saturated rings. The molecule has 2 rings (SSSR count). The largest absolute Gasteiger partial charge is 0.508 e. The van der Waals surface area contributed by atoms with Gasteiger partial charge in [-0.25, -0.2) is 0 Å². The van der Waals surface area contributed by atoms with Crippen LogP contribution >= 0.6 is 0 Å². The Bertz CT molecular complexity index is 439. The smallest absolute Gasteiger partial charge is 0.115 e. The molecule has 0 spiro atoms. The number of aliphatic hydroxyl groups is 1. The van der Waals surface area contributed by atoms with Gasteiger partial charge in [0.2, 0.25) is 0 Å². The number of likely N-dealkylation sites (N-methyl/N-ethyl adjacent to an activating group) is 1. The van der Waals surface area contributed by atoms with E-state index < -0.39 is 0 Å². The maximum Gasteiger partial charge on any atom is 0.115 e. The monoisotopic (exact) mass is 275 g/mol. The molecule has 110 valence electrons. The number of phenolic OH excluding ortho intramolecular Hbond substituents is 1. The highest BCUT2D eigenvalue weighted by Crippen LogP contribution is 2.21. The lowest BCUT2D eigenvalue weighted by atomic mass is 9.95. The van der Waals surface area contributed by atoms with Gasteiger partial charge in [-0.1, -0.05) is 25.1 Å². The van der Waals surface area contributed by atoms with Gasteiger partial charge < -0.3 is 10.2 Å². The molecule has 1 aromatic rings. The first kappa shape index (κ1) is 15.1. The number of nitrogens with zero attached hydrogens (tertiary/aromatic N) is 1. The molecule has 0 heterocycles. The Morgan fingerprint density at radius 3 is 2.55 bits per heavy atom. The van der Waals surface area contributed by atoms with Gasteiger partial charge in [0.15, 0.2) is 0 Å². The maximum absolute atomic E-state index is 10.3. The predicted octanol–water partition coefficient (Wildman–Crippen LogP) is 3.08. The van der Waals surface area contributed by atoms with Crippen molar-refractivity contribution in [1.82, 2.24) is 4.90 Å². The van der Waals surface area contributed by atoms with Crippen molar-refractivity contribution < 1.29 is 10.2 Å². The van der Waals surface area contributed by atoms with Crippen LogP contribution in [0, 0.1) is 0 Å². The van der Waals surface area contributed by atoms with Gasteiger partial charge in [0.25, 0.3) is 0 Å². The zero-order valence-corrected chi connectivity index (χ0v) is 12.3. The fourth-order valence-corrected chi connectivity index (χ4v) is 2.69. The minimum Gasteiger partial charge on any atom is -0.508 e. The first-order chi connectivity index (χ1) is 9.69. The van der Waals surface area contributed by atoms with Gasteiger partial charge in [0.05, 0.1) is 6.10 Å². The van der Waals surface area contributed by atoms with Crippen molar-refractivity contribution in [3.05, 3.63) is 41.5 Å². The van der Waals surface area contributed by atoms with Crippen molar-refractivity contribution >= 4 is 0 Å². The van der Waals surface area contributed by atoms with Gasteiger partial charge in [-0.15, -0.1) is 0 Å². The van der Waals surface area contributed by atoms with Crippen LogP contribution in [0.25, 0.3) is 0 Å². The van der Waals surface area contributed by atoms with E-state index in [-0.39, 0.29) is 6.10 Å². The van der Waals surface area contributed by atoms with Crippen LogP contribution in [0.15, 0.2) is 35.9 Å². The summed E-state index contributed by atoms with van der Waals surface area (Å²) in [5.74, 6) is 0.296. The average molecular weight is 275 g/mol. The van der Waals surface area contributed by atoms with Crippen LogP contribution in [0.2, 0.25) is 0 Å². The summed E-state index contributed by atoms with van der Waals surface area (Å²) >= 11 is 0. The number of hydrogen-bond acceptors (Lipinski definition) is 3. The van der Waals surface area contributed by atoms with Crippen LogP contribution in [-0.4, -0.2) is 34.3 Å². The van der Waals surface area contributed by atoms with Crippen LogP contribution in [0.4, 0.5) is 0 Å². The Morgan fingerprint density at radius 2 is 1.95 bits per heavy atom. The van der Waals surface area contributed by atoms with E-state index in [1.165, 1.54) is 18.4 Å². The minimum atomic E-state index is -0.340. The Kier molecular flexibility index (Phi) is 5.62. The third kappa shape index (κ3) is 4.36. The number of aliphatic hydroxyl groups excluding tert-OH is 1. The van der Waals surface area contributed by atoms with Crippen molar-refractivity contribution in [3.8, 4) is 5.75 Å². The van der Waals surface area contributed by atoms with Gasteiger partial charge in [-0.3, -0.25) is 4.90 Å². The van der Waals surface area contributed by atoms with Crippen LogP contribution in [0.1, 0.15) is 38.2 Å². The molecule has 0 radical (unpaired) electrons. The molecule has 1 atom stereocenters. The Labute approximate surface area is 121 Å². The van der Waals surface area contributed by atoms with Gasteiger partial charge in [-0.05, 0) is 55.5 Å². The number of phenols is 1. The average Bonchev–Trinajstić information content (AvgIpc) is 2.49. The third-order valence-corrected chi connectivity index (χ3v) is 3.97. The van der Waals surface area contributed by atoms with Crippen LogP contribution in [0.5, 0.6) is 5.75 Å². The van der Waals surface area contributed by atoms with Gasteiger partial charge in [0, 0.05) is 13.1 Å². The van der Waals surface area contributed by atoms with Crippen molar-refractivity contribution in [2.24, 2.45) is 0 Å². The molecule has 20 heavy (non-hydrogen) atoms. The van der Waals surface area contributed by atoms with Crippen molar-refractivity contribution in [2.75, 3.05) is 13.1 Å². The summed E-state index contributed by atoms with van der Waals surface area (Å²) in [6, 6.07) is 7.29. The summed E-state index contributed by atoms with van der Waals surface area (Å²) in [6.07, 6.45) is 6.47. The number of rotatable bonds is 6. The first-order valence-corrected chi connectivity index (χ1v) is 7.56. The summed E-state index contributed by atoms with van der Waals surface area (Å²) in [5.41, 5.74) is 2.37. The second-order valence-electron chi connectivity index (χ2n) is 5.53. The molecule has 0 aromatic heterocycles. The van der Waals surface area contributed by atoms with E-state index in [9.17, 15) is 10.2 Å². The molecule has 3 heteroatoms. The second kappa shape index (κ2) is 7.46. The van der Waals surface area contributed by atoms with E-state index in [1.54, 1.807) is 12.1 Å². The third-order valence-electron chi connectivity index (χ3n) is 3.97. The van der Waals surface area contributed by atoms with E-state index >= 15 is 0 Å². The topological polar surface area (TPSA) is 43.7 Å². The highest BCUT2D eigenvalue weighted by molar-refractivity contribution is 5.25. The quantitative estimate of drug-likeness (QED) is 0.784. The fraction of sp³-hybridized carbons (Fsp3) is 0.529. The van der Waals surface area contributed by atoms with Gasteiger partial charge in [-0.2, -0.15) is 0 Å². The second-order valence-corrected chi connectivity index (χ2v) is 5.53. The highest BCUT2D eigenvalue weighted by Gasteiger charge is 2.16. The first-order valence-electron chi connectivity index (χ1n) is 7.56. The summed E-state index contributed by atoms with van der Waals surface area (Å²) < 4.78 is 0. The minimum absolute atomic E-state index is 0.296. The molecule has 0 saturated heterocycles. The summed E-state index contributed by atoms with van der Waals surface area (Å²) in [5, 5.41) is 19.7. The van der Waals surface area contributed by atoms with Crippen LogP contribution < -0.4 is 0 Å². The van der Waals surface area contributed by atoms with Crippen molar-refractivity contribution in [2.45, 2.75) is 45.3 Å². The molecule has 1 aromatic carbocycles. The van der Waals surface area contributed by atoms with E-state index in [4.69, 9.17) is 0 Å². The summed E-state index contributed by atoms with van der Waals surface area (Å²) in [7, 11) is 0. The van der Waals surface area contributed by atoms with Gasteiger partial charge >= 0.3 is 0 Å². The maximum atomic E-state index is 10.3. The number of benzene rings is 1. The van der Waals surface area contributed by atoms with Crippen molar-refractivity contribution in [1.29, 1.82) is 0 Å². The molecule has 0 amide bonds. The molecule has 0 saturated carbocycles. The molecule has 1 unspecified atom stereocenters. The standard InChI is InChI=1S/C17H25NO2/c1-2-18(12-14-8-10-16(19)11-9-14)13-17(20)15-6-4-3-5-7-15/h6,8-11,17,19-20H,2-5,7,12-13H2,1H3. The highest BCUT2D eigenvalue weighted by atomic mass is 16.3. The molecule has 0 bridgehead atoms.